The highest BCUT2D eigenvalue weighted by Crippen LogP contribution is 2.22. The minimum absolute atomic E-state index is 0.138. The van der Waals surface area contributed by atoms with Crippen LogP contribution >= 0.6 is 0 Å². The summed E-state index contributed by atoms with van der Waals surface area (Å²) in [6, 6.07) is -0.956. The zero-order valence-electron chi connectivity index (χ0n) is 15.5. The molecular weight excluding hydrogens is 360 g/mol. The summed E-state index contributed by atoms with van der Waals surface area (Å²) in [6.07, 6.45) is -2.01. The van der Waals surface area contributed by atoms with E-state index < -0.39 is 43.2 Å². The van der Waals surface area contributed by atoms with Crippen molar-refractivity contribution in [1.82, 2.24) is 20.3 Å². The largest absolute Gasteiger partial charge is 0.394 e. The molecule has 0 spiro atoms. The summed E-state index contributed by atoms with van der Waals surface area (Å²) in [6.45, 7) is 4.16. The summed E-state index contributed by atoms with van der Waals surface area (Å²) >= 11 is 0. The third-order valence-corrected chi connectivity index (χ3v) is 4.17. The fourth-order valence-corrected chi connectivity index (χ4v) is 2.71. The van der Waals surface area contributed by atoms with Crippen molar-refractivity contribution in [3.63, 3.8) is 0 Å². The Morgan fingerprint density at radius 3 is 2.74 bits per heavy atom. The molecule has 0 saturated carbocycles. The third kappa shape index (κ3) is 6.19. The van der Waals surface area contributed by atoms with Gasteiger partial charge in [-0.15, -0.1) is 5.10 Å². The van der Waals surface area contributed by atoms with Crippen LogP contribution in [0.5, 0.6) is 0 Å². The van der Waals surface area contributed by atoms with Gasteiger partial charge in [0.1, 0.15) is 24.4 Å². The van der Waals surface area contributed by atoms with E-state index in [1.165, 1.54) is 6.92 Å². The standard InChI is InChI=1S/C16H28N4O7/c1-3-11-8-20(19-18-11)4-5-25-6-7-26-16-13(17-10(2)22)15(24)14(23)12(9-21)27-16/h8,12-16,21,23-24H,3-7,9H2,1-2H3,(H,17,22). The molecule has 1 amide bonds. The maximum absolute atomic E-state index is 11.3. The molecule has 1 aromatic rings. The van der Waals surface area contributed by atoms with Crippen LogP contribution in [0.1, 0.15) is 19.5 Å². The molecular formula is C16H28N4O7. The normalized spacial score (nSPS) is 28.3. The molecule has 27 heavy (non-hydrogen) atoms. The van der Waals surface area contributed by atoms with Crippen molar-refractivity contribution in [2.45, 2.75) is 57.5 Å². The Hall–Kier alpha value is -1.63. The number of rotatable bonds is 10. The molecule has 5 atom stereocenters. The molecule has 0 aliphatic carbocycles. The van der Waals surface area contributed by atoms with Gasteiger partial charge in [-0.25, -0.2) is 4.68 Å². The van der Waals surface area contributed by atoms with Crippen LogP contribution in [0.4, 0.5) is 0 Å². The number of carbonyl (C=O) groups excluding carboxylic acids is 1. The lowest BCUT2D eigenvalue weighted by Gasteiger charge is -2.42. The van der Waals surface area contributed by atoms with E-state index in [1.54, 1.807) is 4.68 Å². The van der Waals surface area contributed by atoms with Gasteiger partial charge in [0.05, 0.1) is 38.7 Å². The van der Waals surface area contributed by atoms with Crippen LogP contribution in [0.2, 0.25) is 0 Å². The molecule has 1 fully saturated rings. The zero-order valence-corrected chi connectivity index (χ0v) is 15.5. The Morgan fingerprint density at radius 1 is 1.33 bits per heavy atom. The predicted molar refractivity (Wildman–Crippen MR) is 91.5 cm³/mol. The number of hydrogen-bond acceptors (Lipinski definition) is 9. The van der Waals surface area contributed by atoms with Gasteiger partial charge < -0.3 is 34.8 Å². The average Bonchev–Trinajstić information content (AvgIpc) is 3.11. The first-order valence-electron chi connectivity index (χ1n) is 8.94. The van der Waals surface area contributed by atoms with E-state index in [9.17, 15) is 20.1 Å². The SMILES string of the molecule is CCc1cn(CCOCCOC2OC(CO)C(O)C(O)C2NC(C)=O)nn1. The number of aromatic nitrogens is 3. The summed E-state index contributed by atoms with van der Waals surface area (Å²) < 4.78 is 18.2. The van der Waals surface area contributed by atoms with E-state index in [4.69, 9.17) is 14.2 Å². The van der Waals surface area contributed by atoms with E-state index in [2.05, 4.69) is 15.6 Å². The Balaban J connectivity index is 1.74. The molecule has 1 aromatic heterocycles. The number of hydrogen-bond donors (Lipinski definition) is 4. The van der Waals surface area contributed by atoms with Crippen molar-refractivity contribution in [2.75, 3.05) is 26.4 Å². The molecule has 4 N–H and O–H groups in total. The first kappa shape index (κ1) is 21.7. The highest BCUT2D eigenvalue weighted by atomic mass is 16.7. The number of nitrogens with zero attached hydrogens (tertiary/aromatic N) is 3. The van der Waals surface area contributed by atoms with Crippen molar-refractivity contribution in [3.8, 4) is 0 Å². The van der Waals surface area contributed by atoms with Gasteiger partial charge >= 0.3 is 0 Å². The van der Waals surface area contributed by atoms with Crippen molar-refractivity contribution in [1.29, 1.82) is 0 Å². The number of aliphatic hydroxyl groups is 3. The smallest absolute Gasteiger partial charge is 0.217 e. The summed E-state index contributed by atoms with van der Waals surface area (Å²) in [4.78, 5) is 11.3. The lowest BCUT2D eigenvalue weighted by Crippen LogP contribution is -2.64. The minimum Gasteiger partial charge on any atom is -0.394 e. The van der Waals surface area contributed by atoms with Crippen LogP contribution in [0.25, 0.3) is 0 Å². The number of aliphatic hydroxyl groups excluding tert-OH is 3. The molecule has 154 valence electrons. The first-order chi connectivity index (χ1) is 13.0. The topological polar surface area (TPSA) is 148 Å². The van der Waals surface area contributed by atoms with Crippen molar-refractivity contribution in [3.05, 3.63) is 11.9 Å². The molecule has 2 heterocycles. The van der Waals surface area contributed by atoms with Crippen LogP contribution in [0.15, 0.2) is 6.20 Å². The van der Waals surface area contributed by atoms with Crippen molar-refractivity contribution in [2.24, 2.45) is 0 Å². The molecule has 1 aliphatic rings. The second-order valence-electron chi connectivity index (χ2n) is 6.24. The maximum atomic E-state index is 11.3. The van der Waals surface area contributed by atoms with Crippen LogP contribution in [0, 0.1) is 0 Å². The van der Waals surface area contributed by atoms with E-state index >= 15 is 0 Å². The molecule has 11 nitrogen and oxygen atoms in total. The molecule has 0 radical (unpaired) electrons. The molecule has 5 unspecified atom stereocenters. The second kappa shape index (κ2) is 10.6. The minimum atomic E-state index is -1.33. The van der Waals surface area contributed by atoms with E-state index in [-0.39, 0.29) is 13.2 Å². The summed E-state index contributed by atoms with van der Waals surface area (Å²) in [5, 5.41) is 39.8. The Kier molecular flexibility index (Phi) is 8.54. The fourth-order valence-electron chi connectivity index (χ4n) is 2.71. The second-order valence-corrected chi connectivity index (χ2v) is 6.24. The van der Waals surface area contributed by atoms with Crippen LogP contribution in [-0.4, -0.2) is 93.3 Å². The van der Waals surface area contributed by atoms with E-state index in [1.807, 2.05) is 13.1 Å². The molecule has 0 bridgehead atoms. The lowest BCUT2D eigenvalue weighted by molar-refractivity contribution is -0.272. The number of carbonyl (C=O) groups is 1. The van der Waals surface area contributed by atoms with Gasteiger partial charge in [-0.3, -0.25) is 4.79 Å². The van der Waals surface area contributed by atoms with Gasteiger partial charge in [0.2, 0.25) is 5.91 Å². The Labute approximate surface area is 157 Å². The maximum Gasteiger partial charge on any atom is 0.217 e. The zero-order chi connectivity index (χ0) is 19.8. The van der Waals surface area contributed by atoms with E-state index in [0.29, 0.717) is 13.2 Å². The molecule has 11 heteroatoms. The van der Waals surface area contributed by atoms with E-state index in [0.717, 1.165) is 12.1 Å². The van der Waals surface area contributed by atoms with Gasteiger partial charge in [-0.1, -0.05) is 12.1 Å². The highest BCUT2D eigenvalue weighted by molar-refractivity contribution is 5.73. The number of aryl methyl sites for hydroxylation is 1. The number of nitrogens with one attached hydrogen (secondary N) is 1. The summed E-state index contributed by atoms with van der Waals surface area (Å²) in [7, 11) is 0. The molecule has 1 saturated heterocycles. The van der Waals surface area contributed by atoms with Gasteiger partial charge in [-0.2, -0.15) is 0 Å². The highest BCUT2D eigenvalue weighted by Gasteiger charge is 2.45. The summed E-state index contributed by atoms with van der Waals surface area (Å²) in [5.41, 5.74) is 0.913. The Morgan fingerprint density at radius 2 is 2.11 bits per heavy atom. The monoisotopic (exact) mass is 388 g/mol. The lowest BCUT2D eigenvalue weighted by atomic mass is 9.97. The molecule has 1 aliphatic heterocycles. The third-order valence-electron chi connectivity index (χ3n) is 4.17. The van der Waals surface area contributed by atoms with Gasteiger partial charge in [0.25, 0.3) is 0 Å². The van der Waals surface area contributed by atoms with Gasteiger partial charge in [0, 0.05) is 13.1 Å². The van der Waals surface area contributed by atoms with Gasteiger partial charge in [0.15, 0.2) is 6.29 Å². The molecule has 0 aromatic carbocycles. The Bertz CT molecular complexity index is 585. The first-order valence-corrected chi connectivity index (χ1v) is 8.94. The van der Waals surface area contributed by atoms with Gasteiger partial charge in [-0.05, 0) is 6.42 Å². The van der Waals surface area contributed by atoms with Crippen molar-refractivity contribution < 1.29 is 34.3 Å². The van der Waals surface area contributed by atoms with Crippen LogP contribution in [0.3, 0.4) is 0 Å². The summed E-state index contributed by atoms with van der Waals surface area (Å²) in [5.74, 6) is -0.401. The van der Waals surface area contributed by atoms with Crippen molar-refractivity contribution >= 4 is 5.91 Å². The van der Waals surface area contributed by atoms with Crippen LogP contribution < -0.4 is 5.32 Å². The predicted octanol–water partition coefficient (Wildman–Crippen LogP) is -2.18. The quantitative estimate of drug-likeness (QED) is 0.328. The average molecular weight is 388 g/mol. The fraction of sp³-hybridized carbons (Fsp3) is 0.812. The molecule has 2 rings (SSSR count). The number of amides is 1. The van der Waals surface area contributed by atoms with Crippen LogP contribution in [-0.2, 0) is 32.0 Å². The number of ether oxygens (including phenoxy) is 3.